The molecule has 0 aromatic carbocycles. The van der Waals surface area contributed by atoms with E-state index in [1.54, 1.807) is 17.9 Å². The predicted octanol–water partition coefficient (Wildman–Crippen LogP) is 2.02. The van der Waals surface area contributed by atoms with Gasteiger partial charge in [0.15, 0.2) is 5.78 Å². The smallest absolute Gasteiger partial charge is 0.198 e. The highest BCUT2D eigenvalue weighted by Gasteiger charge is 2.22. The Morgan fingerprint density at radius 3 is 2.60 bits per heavy atom. The summed E-state index contributed by atoms with van der Waals surface area (Å²) in [5.74, 6) is 0.0515. The van der Waals surface area contributed by atoms with E-state index in [1.165, 1.54) is 0 Å². The SMILES string of the molecule is CNC(C)C(=O)c1c(Br)cnn1C(C)C. The van der Waals surface area contributed by atoms with Gasteiger partial charge in [0.2, 0.25) is 0 Å². The number of ketones is 1. The summed E-state index contributed by atoms with van der Waals surface area (Å²) < 4.78 is 2.49. The van der Waals surface area contributed by atoms with Gasteiger partial charge in [-0.1, -0.05) is 0 Å². The monoisotopic (exact) mass is 273 g/mol. The Hall–Kier alpha value is -0.680. The van der Waals surface area contributed by atoms with Crippen molar-refractivity contribution in [3.8, 4) is 0 Å². The van der Waals surface area contributed by atoms with Crippen molar-refractivity contribution < 1.29 is 4.79 Å². The number of hydrogen-bond acceptors (Lipinski definition) is 3. The fourth-order valence-electron chi connectivity index (χ4n) is 1.30. The molecular formula is C10H16BrN3O. The quantitative estimate of drug-likeness (QED) is 0.854. The lowest BCUT2D eigenvalue weighted by Crippen LogP contribution is -2.32. The van der Waals surface area contributed by atoms with E-state index in [1.807, 2.05) is 20.8 Å². The Kier molecular flexibility index (Phi) is 4.04. The van der Waals surface area contributed by atoms with Crippen LogP contribution in [-0.2, 0) is 0 Å². The highest BCUT2D eigenvalue weighted by molar-refractivity contribution is 9.10. The highest BCUT2D eigenvalue weighted by Crippen LogP contribution is 2.20. The summed E-state index contributed by atoms with van der Waals surface area (Å²) in [7, 11) is 1.77. The van der Waals surface area contributed by atoms with E-state index >= 15 is 0 Å². The minimum Gasteiger partial charge on any atom is -0.310 e. The van der Waals surface area contributed by atoms with E-state index in [0.717, 1.165) is 4.47 Å². The van der Waals surface area contributed by atoms with Crippen LogP contribution in [0.3, 0.4) is 0 Å². The van der Waals surface area contributed by atoms with Crippen LogP contribution in [0.5, 0.6) is 0 Å². The zero-order chi connectivity index (χ0) is 11.6. The van der Waals surface area contributed by atoms with Crippen LogP contribution in [0.4, 0.5) is 0 Å². The summed E-state index contributed by atoms with van der Waals surface area (Å²) in [5, 5.41) is 7.11. The molecule has 84 valence electrons. The van der Waals surface area contributed by atoms with Crippen molar-refractivity contribution in [1.29, 1.82) is 0 Å². The van der Waals surface area contributed by atoms with Gasteiger partial charge in [0.05, 0.1) is 16.7 Å². The van der Waals surface area contributed by atoms with Gasteiger partial charge >= 0.3 is 0 Å². The normalized spacial score (nSPS) is 13.2. The lowest BCUT2D eigenvalue weighted by molar-refractivity contribution is 0.0941. The van der Waals surface area contributed by atoms with Crippen molar-refractivity contribution in [3.63, 3.8) is 0 Å². The van der Waals surface area contributed by atoms with Crippen molar-refractivity contribution in [3.05, 3.63) is 16.4 Å². The van der Waals surface area contributed by atoms with Crippen LogP contribution < -0.4 is 5.32 Å². The molecule has 0 saturated carbocycles. The molecule has 0 aliphatic rings. The molecule has 0 bridgehead atoms. The van der Waals surface area contributed by atoms with Gasteiger partial charge in [-0.25, -0.2) is 0 Å². The standard InChI is InChI=1S/C10H16BrN3O/c1-6(2)14-9(8(11)5-13-14)10(15)7(3)12-4/h5-7,12H,1-4H3. The van der Waals surface area contributed by atoms with Gasteiger partial charge in [0.1, 0.15) is 5.69 Å². The van der Waals surface area contributed by atoms with Crippen molar-refractivity contribution in [2.45, 2.75) is 32.9 Å². The van der Waals surface area contributed by atoms with Gasteiger partial charge in [-0.3, -0.25) is 9.48 Å². The molecule has 0 aliphatic carbocycles. The second-order valence-electron chi connectivity index (χ2n) is 3.75. The van der Waals surface area contributed by atoms with Crippen molar-refractivity contribution in [1.82, 2.24) is 15.1 Å². The molecule has 0 aliphatic heterocycles. The third-order valence-electron chi connectivity index (χ3n) is 2.30. The summed E-state index contributed by atoms with van der Waals surface area (Å²) in [6.07, 6.45) is 1.66. The number of likely N-dealkylation sites (N-methyl/N-ethyl adjacent to an activating group) is 1. The maximum absolute atomic E-state index is 12.0. The third-order valence-corrected chi connectivity index (χ3v) is 2.88. The maximum atomic E-state index is 12.0. The number of carbonyl (C=O) groups is 1. The lowest BCUT2D eigenvalue weighted by Gasteiger charge is -2.14. The first-order valence-corrected chi connectivity index (χ1v) is 5.72. The minimum atomic E-state index is -0.199. The van der Waals surface area contributed by atoms with Gasteiger partial charge in [-0.15, -0.1) is 0 Å². The van der Waals surface area contributed by atoms with Crippen LogP contribution >= 0.6 is 15.9 Å². The second kappa shape index (κ2) is 4.90. The molecule has 1 unspecified atom stereocenters. The van der Waals surface area contributed by atoms with Crippen molar-refractivity contribution in [2.24, 2.45) is 0 Å². The number of carbonyl (C=O) groups excluding carboxylic acids is 1. The first-order chi connectivity index (χ1) is 6.99. The third kappa shape index (κ3) is 2.46. The Balaban J connectivity index is 3.12. The number of nitrogens with one attached hydrogen (secondary N) is 1. The molecule has 0 saturated heterocycles. The Labute approximate surface area is 98.2 Å². The molecule has 0 spiro atoms. The second-order valence-corrected chi connectivity index (χ2v) is 4.61. The molecular weight excluding hydrogens is 258 g/mol. The van der Waals surface area contributed by atoms with E-state index in [4.69, 9.17) is 0 Å². The number of halogens is 1. The average Bonchev–Trinajstić information content (AvgIpc) is 2.58. The molecule has 1 rings (SSSR count). The lowest BCUT2D eigenvalue weighted by atomic mass is 10.1. The van der Waals surface area contributed by atoms with E-state index in [0.29, 0.717) is 5.69 Å². The van der Waals surface area contributed by atoms with Gasteiger partial charge in [-0.2, -0.15) is 5.10 Å². The van der Waals surface area contributed by atoms with E-state index < -0.39 is 0 Å². The first kappa shape index (κ1) is 12.4. The Morgan fingerprint density at radius 1 is 1.53 bits per heavy atom. The molecule has 1 aromatic rings. The maximum Gasteiger partial charge on any atom is 0.198 e. The molecule has 1 heterocycles. The summed E-state index contributed by atoms with van der Waals surface area (Å²) in [4.78, 5) is 12.0. The molecule has 4 nitrogen and oxygen atoms in total. The molecule has 1 aromatic heterocycles. The summed E-state index contributed by atoms with van der Waals surface area (Å²) in [6, 6.07) is -0.0187. The predicted molar refractivity (Wildman–Crippen MR) is 63.2 cm³/mol. The molecule has 1 N–H and O–H groups in total. The largest absolute Gasteiger partial charge is 0.310 e. The van der Waals surface area contributed by atoms with E-state index in [-0.39, 0.29) is 17.9 Å². The molecule has 1 atom stereocenters. The van der Waals surface area contributed by atoms with E-state index in [9.17, 15) is 4.79 Å². The van der Waals surface area contributed by atoms with Gasteiger partial charge in [0, 0.05) is 6.04 Å². The highest BCUT2D eigenvalue weighted by atomic mass is 79.9. The average molecular weight is 274 g/mol. The van der Waals surface area contributed by atoms with Crippen LogP contribution in [0.1, 0.15) is 37.3 Å². The first-order valence-electron chi connectivity index (χ1n) is 4.93. The summed E-state index contributed by atoms with van der Waals surface area (Å²) in [5.41, 5.74) is 0.631. The van der Waals surface area contributed by atoms with Crippen molar-refractivity contribution >= 4 is 21.7 Å². The molecule has 5 heteroatoms. The minimum absolute atomic E-state index is 0.0515. The molecule has 0 radical (unpaired) electrons. The molecule has 15 heavy (non-hydrogen) atoms. The van der Waals surface area contributed by atoms with E-state index in [2.05, 4.69) is 26.3 Å². The Bertz CT molecular complexity index is 360. The molecule has 0 fully saturated rings. The zero-order valence-electron chi connectivity index (χ0n) is 9.41. The van der Waals surface area contributed by atoms with Crippen LogP contribution in [-0.4, -0.2) is 28.7 Å². The molecule has 0 amide bonds. The number of hydrogen-bond donors (Lipinski definition) is 1. The van der Waals surface area contributed by atoms with Crippen LogP contribution in [0.2, 0.25) is 0 Å². The van der Waals surface area contributed by atoms with Crippen LogP contribution in [0.25, 0.3) is 0 Å². The fraction of sp³-hybridized carbons (Fsp3) is 0.600. The van der Waals surface area contributed by atoms with Crippen LogP contribution in [0, 0.1) is 0 Å². The zero-order valence-corrected chi connectivity index (χ0v) is 11.0. The van der Waals surface area contributed by atoms with Crippen LogP contribution in [0.15, 0.2) is 10.7 Å². The van der Waals surface area contributed by atoms with Gasteiger partial charge < -0.3 is 5.32 Å². The van der Waals surface area contributed by atoms with Crippen molar-refractivity contribution in [2.75, 3.05) is 7.05 Å². The number of nitrogens with zero attached hydrogens (tertiary/aromatic N) is 2. The number of aromatic nitrogens is 2. The van der Waals surface area contributed by atoms with Gasteiger partial charge in [-0.05, 0) is 43.7 Å². The summed E-state index contributed by atoms with van der Waals surface area (Å²) in [6.45, 7) is 5.84. The summed E-state index contributed by atoms with van der Waals surface area (Å²) >= 11 is 3.35. The Morgan fingerprint density at radius 2 is 2.13 bits per heavy atom. The number of Topliss-reactive ketones (excluding diaryl/α,β-unsaturated/α-hetero) is 1. The fourth-order valence-corrected chi connectivity index (χ4v) is 1.77. The number of rotatable bonds is 4. The topological polar surface area (TPSA) is 46.9 Å². The van der Waals surface area contributed by atoms with Gasteiger partial charge in [0.25, 0.3) is 0 Å².